The lowest BCUT2D eigenvalue weighted by Gasteiger charge is -2.17. The summed E-state index contributed by atoms with van der Waals surface area (Å²) in [6, 6.07) is 0. The molecule has 2 unspecified atom stereocenters. The predicted octanol–water partition coefficient (Wildman–Crippen LogP) is 6.52. The Hall–Kier alpha value is -0.0800. The molecular formula is C21H42O2. The quantitative estimate of drug-likeness (QED) is 0.211. The van der Waals surface area contributed by atoms with Gasteiger partial charge in [-0.15, -0.1) is 0 Å². The third kappa shape index (κ3) is 14.0. The van der Waals surface area contributed by atoms with Crippen molar-refractivity contribution >= 4 is 0 Å². The van der Waals surface area contributed by atoms with Crippen LogP contribution in [0.1, 0.15) is 104 Å². The SMILES string of the molecule is CCCCCCCCCCC(CCCCCC)COCC1CO1. The van der Waals surface area contributed by atoms with Gasteiger partial charge in [0.25, 0.3) is 0 Å². The molecule has 0 aromatic rings. The zero-order valence-electron chi connectivity index (χ0n) is 16.0. The fraction of sp³-hybridized carbons (Fsp3) is 1.00. The molecule has 1 fully saturated rings. The Morgan fingerprint density at radius 3 is 1.78 bits per heavy atom. The number of epoxide rings is 1. The van der Waals surface area contributed by atoms with Gasteiger partial charge in [0.2, 0.25) is 0 Å². The first-order valence-electron chi connectivity index (χ1n) is 10.6. The van der Waals surface area contributed by atoms with E-state index in [-0.39, 0.29) is 0 Å². The van der Waals surface area contributed by atoms with E-state index < -0.39 is 0 Å². The normalized spacial score (nSPS) is 18.3. The number of hydrogen-bond acceptors (Lipinski definition) is 2. The van der Waals surface area contributed by atoms with Crippen molar-refractivity contribution in [1.29, 1.82) is 0 Å². The van der Waals surface area contributed by atoms with E-state index in [9.17, 15) is 0 Å². The van der Waals surface area contributed by atoms with Crippen LogP contribution in [0.3, 0.4) is 0 Å². The van der Waals surface area contributed by atoms with Crippen molar-refractivity contribution in [1.82, 2.24) is 0 Å². The number of rotatable bonds is 18. The first-order valence-corrected chi connectivity index (χ1v) is 10.6. The predicted molar refractivity (Wildman–Crippen MR) is 100 cm³/mol. The average Bonchev–Trinajstić information content (AvgIpc) is 3.37. The summed E-state index contributed by atoms with van der Waals surface area (Å²) in [5.74, 6) is 0.783. The van der Waals surface area contributed by atoms with Crippen molar-refractivity contribution in [3.05, 3.63) is 0 Å². The van der Waals surface area contributed by atoms with Crippen LogP contribution in [-0.4, -0.2) is 25.9 Å². The molecule has 1 aliphatic rings. The van der Waals surface area contributed by atoms with E-state index in [1.54, 1.807) is 0 Å². The summed E-state index contributed by atoms with van der Waals surface area (Å²) in [5, 5.41) is 0. The number of ether oxygens (including phenoxy) is 2. The Kier molecular flexibility index (Phi) is 14.1. The minimum absolute atomic E-state index is 0.416. The molecule has 2 nitrogen and oxygen atoms in total. The summed E-state index contributed by atoms with van der Waals surface area (Å²) >= 11 is 0. The van der Waals surface area contributed by atoms with E-state index in [0.29, 0.717) is 6.10 Å². The zero-order valence-corrected chi connectivity index (χ0v) is 16.0. The highest BCUT2D eigenvalue weighted by Crippen LogP contribution is 2.20. The van der Waals surface area contributed by atoms with Gasteiger partial charge in [0.1, 0.15) is 6.10 Å². The Bertz CT molecular complexity index is 238. The molecule has 1 saturated heterocycles. The van der Waals surface area contributed by atoms with Crippen LogP contribution < -0.4 is 0 Å². The van der Waals surface area contributed by atoms with Crippen molar-refractivity contribution in [2.24, 2.45) is 5.92 Å². The molecule has 2 atom stereocenters. The second kappa shape index (κ2) is 15.4. The minimum Gasteiger partial charge on any atom is -0.378 e. The van der Waals surface area contributed by atoms with Gasteiger partial charge in [-0.25, -0.2) is 0 Å². The van der Waals surface area contributed by atoms with Gasteiger partial charge >= 0.3 is 0 Å². The van der Waals surface area contributed by atoms with Crippen LogP contribution in [0.5, 0.6) is 0 Å². The second-order valence-corrected chi connectivity index (χ2v) is 7.47. The fourth-order valence-electron chi connectivity index (χ4n) is 3.27. The molecule has 138 valence electrons. The Labute approximate surface area is 145 Å². The molecule has 0 aromatic carbocycles. The standard InChI is InChI=1S/C21H42O2/c1-3-5-7-9-10-11-12-14-16-20(15-13-8-6-4-2)17-22-18-21-19-23-21/h20-21H,3-19H2,1-2H3. The van der Waals surface area contributed by atoms with Crippen LogP contribution in [0.4, 0.5) is 0 Å². The molecule has 0 aliphatic carbocycles. The van der Waals surface area contributed by atoms with Crippen molar-refractivity contribution in [3.63, 3.8) is 0 Å². The molecule has 0 radical (unpaired) electrons. The summed E-state index contributed by atoms with van der Waals surface area (Å²) in [7, 11) is 0. The van der Waals surface area contributed by atoms with Crippen LogP contribution in [0.25, 0.3) is 0 Å². The lowest BCUT2D eigenvalue weighted by atomic mass is 9.95. The lowest BCUT2D eigenvalue weighted by molar-refractivity contribution is 0.0787. The molecule has 0 saturated carbocycles. The largest absolute Gasteiger partial charge is 0.378 e. The van der Waals surface area contributed by atoms with Crippen LogP contribution in [0, 0.1) is 5.92 Å². The zero-order chi connectivity index (χ0) is 16.6. The maximum absolute atomic E-state index is 5.87. The van der Waals surface area contributed by atoms with E-state index in [1.807, 2.05) is 0 Å². The third-order valence-corrected chi connectivity index (χ3v) is 4.99. The lowest BCUT2D eigenvalue weighted by Crippen LogP contribution is -2.13. The van der Waals surface area contributed by atoms with Crippen LogP contribution in [0.2, 0.25) is 0 Å². The molecule has 0 aromatic heterocycles. The Morgan fingerprint density at radius 1 is 0.783 bits per heavy atom. The molecule has 0 amide bonds. The highest BCUT2D eigenvalue weighted by atomic mass is 16.6. The van der Waals surface area contributed by atoms with Gasteiger partial charge in [-0.05, 0) is 18.8 Å². The third-order valence-electron chi connectivity index (χ3n) is 4.99. The van der Waals surface area contributed by atoms with Crippen LogP contribution in [-0.2, 0) is 9.47 Å². The topological polar surface area (TPSA) is 21.8 Å². The van der Waals surface area contributed by atoms with E-state index in [2.05, 4.69) is 13.8 Å². The fourth-order valence-corrected chi connectivity index (χ4v) is 3.27. The number of hydrogen-bond donors (Lipinski definition) is 0. The summed E-state index contributed by atoms with van der Waals surface area (Å²) in [6.45, 7) is 7.28. The molecule has 1 aliphatic heterocycles. The Balaban J connectivity index is 1.99. The van der Waals surface area contributed by atoms with Gasteiger partial charge < -0.3 is 9.47 Å². The molecule has 0 bridgehead atoms. The molecule has 0 N–H and O–H groups in total. The van der Waals surface area contributed by atoms with Crippen molar-refractivity contribution in [3.8, 4) is 0 Å². The maximum Gasteiger partial charge on any atom is 0.104 e. The van der Waals surface area contributed by atoms with E-state index in [0.717, 1.165) is 25.7 Å². The van der Waals surface area contributed by atoms with E-state index >= 15 is 0 Å². The minimum atomic E-state index is 0.416. The van der Waals surface area contributed by atoms with Gasteiger partial charge in [-0.3, -0.25) is 0 Å². The number of unbranched alkanes of at least 4 members (excludes halogenated alkanes) is 10. The maximum atomic E-state index is 5.87. The Morgan fingerprint density at radius 2 is 1.26 bits per heavy atom. The van der Waals surface area contributed by atoms with Crippen molar-refractivity contribution < 1.29 is 9.47 Å². The van der Waals surface area contributed by atoms with Gasteiger partial charge in [0.05, 0.1) is 13.2 Å². The van der Waals surface area contributed by atoms with Gasteiger partial charge in [0.15, 0.2) is 0 Å². The van der Waals surface area contributed by atoms with Gasteiger partial charge in [-0.1, -0.05) is 90.9 Å². The summed E-state index contributed by atoms with van der Waals surface area (Å²) in [5.41, 5.74) is 0. The second-order valence-electron chi connectivity index (χ2n) is 7.47. The first kappa shape index (κ1) is 21.0. The van der Waals surface area contributed by atoms with E-state index in [1.165, 1.54) is 89.9 Å². The molecule has 23 heavy (non-hydrogen) atoms. The highest BCUT2D eigenvalue weighted by Gasteiger charge is 2.22. The molecule has 1 heterocycles. The molecule has 2 heteroatoms. The molecule has 0 spiro atoms. The van der Waals surface area contributed by atoms with Crippen molar-refractivity contribution in [2.45, 2.75) is 110 Å². The van der Waals surface area contributed by atoms with Crippen LogP contribution >= 0.6 is 0 Å². The summed E-state index contributed by atoms with van der Waals surface area (Å²) in [6.07, 6.45) is 20.0. The molecular weight excluding hydrogens is 284 g/mol. The van der Waals surface area contributed by atoms with Gasteiger partial charge in [0, 0.05) is 6.61 Å². The van der Waals surface area contributed by atoms with Crippen LogP contribution in [0.15, 0.2) is 0 Å². The monoisotopic (exact) mass is 326 g/mol. The molecule has 1 rings (SSSR count). The first-order chi connectivity index (χ1) is 11.4. The van der Waals surface area contributed by atoms with E-state index in [4.69, 9.17) is 9.47 Å². The summed E-state index contributed by atoms with van der Waals surface area (Å²) < 4.78 is 11.1. The van der Waals surface area contributed by atoms with Crippen molar-refractivity contribution in [2.75, 3.05) is 19.8 Å². The summed E-state index contributed by atoms with van der Waals surface area (Å²) in [4.78, 5) is 0. The van der Waals surface area contributed by atoms with Gasteiger partial charge in [-0.2, -0.15) is 0 Å². The average molecular weight is 327 g/mol. The highest BCUT2D eigenvalue weighted by molar-refractivity contribution is 4.68. The smallest absolute Gasteiger partial charge is 0.104 e.